The summed E-state index contributed by atoms with van der Waals surface area (Å²) < 4.78 is 12.7. The molecule has 0 spiro atoms. The molecule has 0 aliphatic heterocycles. The molecule has 4 rings (SSSR count). The number of carboxylic acids is 1. The van der Waals surface area contributed by atoms with E-state index in [1.54, 1.807) is 42.1 Å². The van der Waals surface area contributed by atoms with Gasteiger partial charge in [-0.1, -0.05) is 6.07 Å². The molecule has 4 aromatic rings. The molecule has 0 amide bonds. The van der Waals surface area contributed by atoms with Crippen LogP contribution in [0.4, 0.5) is 11.8 Å². The molecular formula is C27H32N8O4. The van der Waals surface area contributed by atoms with Crippen molar-refractivity contribution < 1.29 is 19.4 Å². The molecule has 39 heavy (non-hydrogen) atoms. The number of nitrogens with zero attached hydrogens (tertiary/aromatic N) is 7. The Kier molecular flexibility index (Phi) is 7.93. The van der Waals surface area contributed by atoms with Crippen LogP contribution in [0.1, 0.15) is 17.1 Å². The van der Waals surface area contributed by atoms with Crippen LogP contribution in [-0.4, -0.2) is 75.4 Å². The van der Waals surface area contributed by atoms with Gasteiger partial charge in [-0.15, -0.1) is 5.10 Å². The van der Waals surface area contributed by atoms with Crippen LogP contribution >= 0.6 is 0 Å². The maximum atomic E-state index is 12.4. The smallest absolute Gasteiger partial charge is 0.326 e. The third-order valence-electron chi connectivity index (χ3n) is 6.38. The molecule has 0 saturated carbocycles. The second-order valence-corrected chi connectivity index (χ2v) is 9.18. The minimum atomic E-state index is -1.05. The van der Waals surface area contributed by atoms with E-state index in [1.807, 2.05) is 53.2 Å². The van der Waals surface area contributed by atoms with Crippen LogP contribution in [0.3, 0.4) is 0 Å². The average molecular weight is 533 g/mol. The van der Waals surface area contributed by atoms with Crippen LogP contribution in [0.2, 0.25) is 0 Å². The number of hydrogen-bond donors (Lipinski definition) is 2. The monoisotopic (exact) mass is 532 g/mol. The van der Waals surface area contributed by atoms with Gasteiger partial charge in [-0.3, -0.25) is 4.68 Å². The van der Waals surface area contributed by atoms with Gasteiger partial charge in [-0.25, -0.2) is 9.78 Å². The average Bonchev–Trinajstić information content (AvgIpc) is 3.18. The summed E-state index contributed by atoms with van der Waals surface area (Å²) in [7, 11) is 8.64. The molecule has 1 atom stereocenters. The second kappa shape index (κ2) is 11.3. The zero-order valence-electron chi connectivity index (χ0n) is 23.1. The Morgan fingerprint density at radius 1 is 1.08 bits per heavy atom. The number of rotatable bonds is 10. The lowest BCUT2D eigenvalue weighted by atomic mass is 10.0. The number of anilines is 2. The van der Waals surface area contributed by atoms with Crippen LogP contribution < -0.4 is 19.7 Å². The first kappa shape index (κ1) is 27.3. The number of carboxylic acid groups (broad SMARTS) is 1. The summed E-state index contributed by atoms with van der Waals surface area (Å²) in [5, 5.41) is 26.4. The summed E-state index contributed by atoms with van der Waals surface area (Å²) in [5.41, 5.74) is 4.92. The lowest BCUT2D eigenvalue weighted by molar-refractivity contribution is -0.137. The summed E-state index contributed by atoms with van der Waals surface area (Å²) in [6.07, 6.45) is 1.76. The highest BCUT2D eigenvalue weighted by Crippen LogP contribution is 2.37. The van der Waals surface area contributed by atoms with E-state index in [0.717, 1.165) is 17.0 Å². The van der Waals surface area contributed by atoms with E-state index < -0.39 is 12.0 Å². The first-order valence-electron chi connectivity index (χ1n) is 12.2. The number of aliphatic carboxylic acids is 1. The molecule has 1 unspecified atom stereocenters. The van der Waals surface area contributed by atoms with Crippen LogP contribution in [0.15, 0.2) is 36.5 Å². The fraction of sp³-hybridized carbons (Fsp3) is 0.333. The third kappa shape index (κ3) is 5.59. The van der Waals surface area contributed by atoms with E-state index >= 15 is 0 Å². The van der Waals surface area contributed by atoms with Crippen LogP contribution in [0.25, 0.3) is 22.4 Å². The molecule has 0 fully saturated rings. The Hall–Kier alpha value is -4.74. The number of aromatic nitrogens is 6. The Bertz CT molecular complexity index is 1460. The van der Waals surface area contributed by atoms with Crippen molar-refractivity contribution in [2.45, 2.75) is 26.3 Å². The summed E-state index contributed by atoms with van der Waals surface area (Å²) in [6, 6.07) is 7.92. The first-order valence-corrected chi connectivity index (χ1v) is 12.2. The van der Waals surface area contributed by atoms with Crippen molar-refractivity contribution in [3.63, 3.8) is 0 Å². The number of benzene rings is 1. The quantitative estimate of drug-likeness (QED) is 0.311. The molecule has 204 valence electrons. The number of aryl methyl sites for hydroxylation is 2. The van der Waals surface area contributed by atoms with Crippen molar-refractivity contribution in [1.82, 2.24) is 29.9 Å². The molecule has 12 heteroatoms. The number of carbonyl (C=O) groups is 1. The number of hydrogen-bond acceptors (Lipinski definition) is 10. The summed E-state index contributed by atoms with van der Waals surface area (Å²) in [6.45, 7) is 3.84. The molecule has 12 nitrogen and oxygen atoms in total. The fourth-order valence-corrected chi connectivity index (χ4v) is 4.32. The van der Waals surface area contributed by atoms with Gasteiger partial charge in [0.25, 0.3) is 0 Å². The standard InChI is InChI=1S/C27H32N8O4/c1-15-23(16(2)35(5)33-15)18-14-28-27(34(3)4)30-25(18)29-20(26(36)37)13-17-11-12-19(32-31-17)24-21(38-6)9-8-10-22(24)39-7/h8-12,14,20H,13H2,1-7H3,(H,36,37)(H,28,29,30). The maximum absolute atomic E-state index is 12.4. The highest BCUT2D eigenvalue weighted by molar-refractivity contribution is 5.83. The lowest BCUT2D eigenvalue weighted by Gasteiger charge is -2.19. The minimum Gasteiger partial charge on any atom is -0.496 e. The van der Waals surface area contributed by atoms with E-state index in [9.17, 15) is 9.90 Å². The topological polar surface area (TPSA) is 140 Å². The van der Waals surface area contributed by atoms with Crippen LogP contribution in [-0.2, 0) is 18.3 Å². The predicted octanol–water partition coefficient (Wildman–Crippen LogP) is 3.14. The second-order valence-electron chi connectivity index (χ2n) is 9.18. The van der Waals surface area contributed by atoms with E-state index in [-0.39, 0.29) is 6.42 Å². The zero-order chi connectivity index (χ0) is 28.3. The van der Waals surface area contributed by atoms with Gasteiger partial charge in [0.05, 0.1) is 31.2 Å². The summed E-state index contributed by atoms with van der Waals surface area (Å²) >= 11 is 0. The number of ether oxygens (including phenoxy) is 2. The largest absolute Gasteiger partial charge is 0.496 e. The minimum absolute atomic E-state index is 0.0669. The van der Waals surface area contributed by atoms with E-state index in [0.29, 0.717) is 45.8 Å². The Morgan fingerprint density at radius 3 is 2.28 bits per heavy atom. The van der Waals surface area contributed by atoms with Crippen molar-refractivity contribution in [3.05, 3.63) is 53.6 Å². The highest BCUT2D eigenvalue weighted by Gasteiger charge is 2.25. The van der Waals surface area contributed by atoms with Crippen LogP contribution in [0, 0.1) is 13.8 Å². The van der Waals surface area contributed by atoms with E-state index in [2.05, 4.69) is 30.6 Å². The maximum Gasteiger partial charge on any atom is 0.326 e. The van der Waals surface area contributed by atoms with E-state index in [1.165, 1.54) is 0 Å². The third-order valence-corrected chi connectivity index (χ3v) is 6.38. The van der Waals surface area contributed by atoms with Gasteiger partial charge in [0.2, 0.25) is 5.95 Å². The van der Waals surface area contributed by atoms with Crippen molar-refractivity contribution in [1.29, 1.82) is 0 Å². The molecule has 2 N–H and O–H groups in total. The van der Waals surface area contributed by atoms with Crippen molar-refractivity contribution in [2.24, 2.45) is 7.05 Å². The predicted molar refractivity (Wildman–Crippen MR) is 147 cm³/mol. The fourth-order valence-electron chi connectivity index (χ4n) is 4.32. The van der Waals surface area contributed by atoms with Gasteiger partial charge in [-0.05, 0) is 38.1 Å². The zero-order valence-corrected chi connectivity index (χ0v) is 23.1. The van der Waals surface area contributed by atoms with Gasteiger partial charge in [0.1, 0.15) is 29.1 Å². The van der Waals surface area contributed by atoms with Crippen molar-refractivity contribution >= 4 is 17.7 Å². The molecule has 0 bridgehead atoms. The molecule has 0 aliphatic carbocycles. The molecule has 3 heterocycles. The summed E-state index contributed by atoms with van der Waals surface area (Å²) in [4.78, 5) is 23.2. The van der Waals surface area contributed by atoms with E-state index in [4.69, 9.17) is 9.47 Å². The molecule has 0 saturated heterocycles. The molecular weight excluding hydrogens is 500 g/mol. The lowest BCUT2D eigenvalue weighted by Crippen LogP contribution is -2.33. The molecule has 0 aliphatic rings. The summed E-state index contributed by atoms with van der Waals surface area (Å²) in [5.74, 6) is 0.969. The van der Waals surface area contributed by atoms with Gasteiger partial charge < -0.3 is 24.8 Å². The Balaban J connectivity index is 1.67. The Labute approximate surface area is 226 Å². The van der Waals surface area contributed by atoms with Crippen molar-refractivity contribution in [3.8, 4) is 33.9 Å². The SMILES string of the molecule is COc1cccc(OC)c1-c1ccc(CC(Nc2nc(N(C)C)ncc2-c2c(C)nn(C)c2C)C(=O)O)nn1. The van der Waals surface area contributed by atoms with Gasteiger partial charge in [-0.2, -0.15) is 15.2 Å². The molecule has 0 radical (unpaired) electrons. The highest BCUT2D eigenvalue weighted by atomic mass is 16.5. The Morgan fingerprint density at radius 2 is 1.77 bits per heavy atom. The normalized spacial score (nSPS) is 11.7. The van der Waals surface area contributed by atoms with Crippen molar-refractivity contribution in [2.75, 3.05) is 38.5 Å². The van der Waals surface area contributed by atoms with Gasteiger partial charge >= 0.3 is 5.97 Å². The van der Waals surface area contributed by atoms with Gasteiger partial charge in [0.15, 0.2) is 0 Å². The van der Waals surface area contributed by atoms with Crippen LogP contribution in [0.5, 0.6) is 11.5 Å². The first-order chi connectivity index (χ1) is 18.6. The molecule has 3 aromatic heterocycles. The number of methoxy groups -OCH3 is 2. The molecule has 1 aromatic carbocycles. The van der Waals surface area contributed by atoms with Gasteiger partial charge in [0, 0.05) is 50.6 Å². The number of nitrogens with one attached hydrogen (secondary N) is 1.